The highest BCUT2D eigenvalue weighted by molar-refractivity contribution is 8.00. The van der Waals surface area contributed by atoms with Crippen LogP contribution in [0.3, 0.4) is 0 Å². The molecule has 1 aliphatic heterocycles. The van der Waals surface area contributed by atoms with Crippen LogP contribution in [0.4, 0.5) is 0 Å². The second-order valence-electron chi connectivity index (χ2n) is 14.9. The fourth-order valence-corrected chi connectivity index (χ4v) is 10.8. The van der Waals surface area contributed by atoms with Gasteiger partial charge >= 0.3 is 0 Å². The van der Waals surface area contributed by atoms with Crippen molar-refractivity contribution in [3.63, 3.8) is 0 Å². The summed E-state index contributed by atoms with van der Waals surface area (Å²) in [6.45, 7) is 4.60. The molecule has 0 amide bonds. The van der Waals surface area contributed by atoms with E-state index >= 15 is 0 Å². The van der Waals surface area contributed by atoms with Crippen molar-refractivity contribution in [3.05, 3.63) is 87.1 Å². The molecule has 0 N–H and O–H groups in total. The Balaban J connectivity index is 1.02. The third-order valence-electron chi connectivity index (χ3n) is 11.1. The minimum absolute atomic E-state index is 0.472. The first kappa shape index (κ1) is 33.9. The maximum absolute atomic E-state index is 2.60. The molecule has 0 radical (unpaired) electrons. The number of unbranched alkanes of at least 4 members (excludes halogenated alkanes) is 14. The Hall–Kier alpha value is -2.55. The molecule has 2 aliphatic rings. The number of hydrogen-bond acceptors (Lipinski definition) is 2. The number of hydrogen-bond donors (Lipinski definition) is 0. The van der Waals surface area contributed by atoms with Gasteiger partial charge in [-0.1, -0.05) is 152 Å². The molecular weight excluding hydrogens is 617 g/mol. The predicted molar refractivity (Wildman–Crippen MR) is 216 cm³/mol. The molecule has 2 heterocycles. The molecule has 0 saturated heterocycles. The number of benzene rings is 4. The van der Waals surface area contributed by atoms with Gasteiger partial charge in [-0.25, -0.2) is 0 Å². The molecule has 0 bridgehead atoms. The summed E-state index contributed by atoms with van der Waals surface area (Å²) in [5.74, 6) is 0.472. The van der Waals surface area contributed by atoms with Crippen molar-refractivity contribution in [1.82, 2.24) is 0 Å². The summed E-state index contributed by atoms with van der Waals surface area (Å²) >= 11 is 4.09. The van der Waals surface area contributed by atoms with Crippen LogP contribution >= 0.6 is 23.1 Å². The van der Waals surface area contributed by atoms with Crippen molar-refractivity contribution in [3.8, 4) is 0 Å². The number of fused-ring (bicyclic) bond motifs is 8. The number of aryl methyl sites for hydroxylation is 2. The molecule has 48 heavy (non-hydrogen) atoms. The molecule has 0 fully saturated rings. The summed E-state index contributed by atoms with van der Waals surface area (Å²) in [6.07, 6.45) is 29.8. The monoisotopic (exact) mass is 672 g/mol. The molecule has 0 nitrogen and oxygen atoms in total. The summed E-state index contributed by atoms with van der Waals surface area (Å²) < 4.78 is 2.91. The first-order valence-electron chi connectivity index (χ1n) is 19.6. The van der Waals surface area contributed by atoms with Gasteiger partial charge in [0.25, 0.3) is 0 Å². The summed E-state index contributed by atoms with van der Waals surface area (Å²) in [5, 5.41) is 9.02. The second kappa shape index (κ2) is 16.4. The molecule has 2 heteroatoms. The molecular formula is C46H56S2. The highest BCUT2D eigenvalue weighted by Crippen LogP contribution is 2.49. The Morgan fingerprint density at radius 1 is 0.521 bits per heavy atom. The van der Waals surface area contributed by atoms with Crippen molar-refractivity contribution < 1.29 is 0 Å². The largest absolute Gasteiger partial charge is 0.135 e. The molecule has 2 unspecified atom stereocenters. The van der Waals surface area contributed by atoms with Crippen LogP contribution in [0.5, 0.6) is 0 Å². The average molecular weight is 673 g/mol. The quantitative estimate of drug-likeness (QED) is 0.0835. The maximum Gasteiger partial charge on any atom is 0.0388 e. The van der Waals surface area contributed by atoms with E-state index in [1.165, 1.54) is 179 Å². The van der Waals surface area contributed by atoms with E-state index in [-0.39, 0.29) is 0 Å². The van der Waals surface area contributed by atoms with Crippen LogP contribution in [0, 0.1) is 0 Å². The number of thioether (sulfide) groups is 1. The normalized spacial score (nSPS) is 16.6. The molecule has 0 spiro atoms. The third-order valence-corrected chi connectivity index (χ3v) is 13.5. The summed E-state index contributed by atoms with van der Waals surface area (Å²) in [5.41, 5.74) is 4.54. The average Bonchev–Trinajstić information content (AvgIpc) is 3.63. The van der Waals surface area contributed by atoms with Crippen LogP contribution in [0.1, 0.15) is 139 Å². The molecule has 1 aromatic heterocycles. The van der Waals surface area contributed by atoms with Gasteiger partial charge in [-0.2, -0.15) is 0 Å². The Kier molecular flexibility index (Phi) is 11.6. The van der Waals surface area contributed by atoms with Crippen LogP contribution in [-0.4, -0.2) is 5.25 Å². The fourth-order valence-electron chi connectivity index (χ4n) is 8.21. The zero-order valence-electron chi connectivity index (χ0n) is 29.6. The van der Waals surface area contributed by atoms with Crippen molar-refractivity contribution in [2.24, 2.45) is 0 Å². The first-order valence-corrected chi connectivity index (χ1v) is 21.3. The summed E-state index contributed by atoms with van der Waals surface area (Å²) in [4.78, 5) is 1.49. The lowest BCUT2D eigenvalue weighted by atomic mass is 9.90. The Morgan fingerprint density at radius 2 is 1.08 bits per heavy atom. The zero-order chi connectivity index (χ0) is 32.7. The molecule has 1 aliphatic carbocycles. The van der Waals surface area contributed by atoms with Gasteiger partial charge in [-0.15, -0.1) is 23.1 Å². The van der Waals surface area contributed by atoms with Crippen LogP contribution in [-0.2, 0) is 12.8 Å². The molecule has 7 rings (SSSR count). The number of thiophene rings is 1. The van der Waals surface area contributed by atoms with Gasteiger partial charge in [0.2, 0.25) is 0 Å². The van der Waals surface area contributed by atoms with Gasteiger partial charge < -0.3 is 0 Å². The fraction of sp³-hybridized carbons (Fsp3) is 0.478. The second-order valence-corrected chi connectivity index (χ2v) is 17.2. The van der Waals surface area contributed by atoms with Gasteiger partial charge in [0.15, 0.2) is 0 Å². The Labute approximate surface area is 298 Å². The highest BCUT2D eigenvalue weighted by Gasteiger charge is 2.33. The minimum Gasteiger partial charge on any atom is -0.135 e. The predicted octanol–water partition coefficient (Wildman–Crippen LogP) is 13.4. The van der Waals surface area contributed by atoms with Gasteiger partial charge in [0, 0.05) is 30.7 Å². The molecule has 252 valence electrons. The zero-order valence-corrected chi connectivity index (χ0v) is 31.3. The molecule has 5 aromatic rings. The third kappa shape index (κ3) is 7.92. The van der Waals surface area contributed by atoms with Crippen molar-refractivity contribution in [2.75, 3.05) is 0 Å². The Bertz CT molecular complexity index is 1960. The van der Waals surface area contributed by atoms with Gasteiger partial charge in [0.05, 0.1) is 0 Å². The van der Waals surface area contributed by atoms with Crippen molar-refractivity contribution in [2.45, 2.75) is 145 Å². The first-order chi connectivity index (χ1) is 23.7. The SMILES string of the molecule is CCCCCCCCCCc1ccc2cc3c(cc2c1)SC1C=c2c(sc4cc5cc(CCCCCCCCCC)ccc5cc24)=CC31. The summed E-state index contributed by atoms with van der Waals surface area (Å²) in [7, 11) is 0. The number of rotatable bonds is 18. The van der Waals surface area contributed by atoms with Crippen molar-refractivity contribution in [1.29, 1.82) is 0 Å². The van der Waals surface area contributed by atoms with E-state index in [1.807, 2.05) is 11.3 Å². The van der Waals surface area contributed by atoms with E-state index in [4.69, 9.17) is 0 Å². The topological polar surface area (TPSA) is 0 Å². The van der Waals surface area contributed by atoms with Crippen LogP contribution in [0.15, 0.2) is 65.6 Å². The highest BCUT2D eigenvalue weighted by atomic mass is 32.2. The lowest BCUT2D eigenvalue weighted by Gasteiger charge is -2.15. The molecule has 0 saturated carbocycles. The van der Waals surface area contributed by atoms with Crippen LogP contribution in [0.2, 0.25) is 0 Å². The van der Waals surface area contributed by atoms with Gasteiger partial charge in [-0.3, -0.25) is 0 Å². The van der Waals surface area contributed by atoms with E-state index in [1.54, 1.807) is 0 Å². The molecule has 2 atom stereocenters. The van der Waals surface area contributed by atoms with Gasteiger partial charge in [-0.05, 0) is 93.4 Å². The van der Waals surface area contributed by atoms with E-state index in [2.05, 4.69) is 98.4 Å². The van der Waals surface area contributed by atoms with E-state index in [9.17, 15) is 0 Å². The maximum atomic E-state index is 2.60. The lowest BCUT2D eigenvalue weighted by molar-refractivity contribution is 0.575. The van der Waals surface area contributed by atoms with E-state index < -0.39 is 0 Å². The smallest absolute Gasteiger partial charge is 0.0388 e. The Morgan fingerprint density at radius 3 is 1.71 bits per heavy atom. The van der Waals surface area contributed by atoms with Crippen LogP contribution in [0.25, 0.3) is 43.8 Å². The lowest BCUT2D eigenvalue weighted by Crippen LogP contribution is -2.28. The van der Waals surface area contributed by atoms with Gasteiger partial charge in [0.1, 0.15) is 0 Å². The minimum atomic E-state index is 0.472. The standard InChI is InChI=1S/C46H56S2/c1-3-5-7-9-11-13-15-17-19-33-21-23-35-27-39-41-31-46-42(32-45(41)47-43(39)29-37(35)25-33)40-28-36-24-22-34(26-38(36)30-44(40)48-46)20-18-16-14-12-10-8-6-4-2/h21-32,41,45H,3-20H2,1-2H3. The van der Waals surface area contributed by atoms with E-state index in [0.717, 1.165) is 0 Å². The van der Waals surface area contributed by atoms with Crippen LogP contribution < -0.4 is 9.75 Å². The summed E-state index contributed by atoms with van der Waals surface area (Å²) in [6, 6.07) is 24.4. The van der Waals surface area contributed by atoms with Crippen molar-refractivity contribution >= 4 is 66.9 Å². The van der Waals surface area contributed by atoms with E-state index in [0.29, 0.717) is 11.2 Å². The molecule has 4 aromatic carbocycles.